The molecule has 2 aromatic heterocycles. The molecule has 0 bridgehead atoms. The molecule has 8 nitrogen and oxygen atoms in total. The summed E-state index contributed by atoms with van der Waals surface area (Å²) in [6.07, 6.45) is 0.799. The van der Waals surface area contributed by atoms with E-state index in [2.05, 4.69) is 10.4 Å². The van der Waals surface area contributed by atoms with Gasteiger partial charge in [0.2, 0.25) is 10.0 Å². The SMILES string of the molecule is Cn1cc(S(=O)(=O)N2CCCCC2)cc1C(=O)NCc1ccc(-n2ccc(C(F)(F)F)n2)cc1. The number of amides is 1. The van der Waals surface area contributed by atoms with Crippen LogP contribution in [0.2, 0.25) is 0 Å². The molecule has 3 aromatic rings. The summed E-state index contributed by atoms with van der Waals surface area (Å²) in [5, 5.41) is 6.27. The molecule has 1 N–H and O–H groups in total. The maximum Gasteiger partial charge on any atom is 0.435 e. The topological polar surface area (TPSA) is 89.2 Å². The predicted octanol–water partition coefficient (Wildman–Crippen LogP) is 3.33. The Morgan fingerprint density at radius 1 is 1.09 bits per heavy atom. The minimum atomic E-state index is -4.51. The van der Waals surface area contributed by atoms with Crippen molar-refractivity contribution in [2.24, 2.45) is 7.05 Å². The molecule has 0 radical (unpaired) electrons. The first-order chi connectivity index (χ1) is 16.1. The number of piperidine rings is 1. The zero-order valence-corrected chi connectivity index (χ0v) is 19.2. The lowest BCUT2D eigenvalue weighted by atomic mass is 10.2. The van der Waals surface area contributed by atoms with Crippen molar-refractivity contribution in [1.82, 2.24) is 24.0 Å². The number of rotatable bonds is 6. The zero-order valence-electron chi connectivity index (χ0n) is 18.4. The first-order valence-electron chi connectivity index (χ1n) is 10.7. The second-order valence-corrected chi connectivity index (χ2v) is 10.1. The van der Waals surface area contributed by atoms with Gasteiger partial charge in [-0.3, -0.25) is 4.79 Å². The highest BCUT2D eigenvalue weighted by Gasteiger charge is 2.33. The Hall–Kier alpha value is -3.12. The lowest BCUT2D eigenvalue weighted by Gasteiger charge is -2.25. The number of hydrogen-bond donors (Lipinski definition) is 1. The molecule has 1 fully saturated rings. The molecule has 4 rings (SSSR count). The molecule has 1 amide bonds. The first-order valence-corrected chi connectivity index (χ1v) is 12.2. The van der Waals surface area contributed by atoms with Gasteiger partial charge in [0.05, 0.1) is 5.69 Å². The van der Waals surface area contributed by atoms with Crippen molar-refractivity contribution in [3.63, 3.8) is 0 Å². The smallest absolute Gasteiger partial charge is 0.347 e. The zero-order chi connectivity index (χ0) is 24.5. The van der Waals surface area contributed by atoms with Gasteiger partial charge in [-0.1, -0.05) is 18.6 Å². The van der Waals surface area contributed by atoms with Gasteiger partial charge in [-0.25, -0.2) is 13.1 Å². The number of nitrogens with one attached hydrogen (secondary N) is 1. The van der Waals surface area contributed by atoms with Crippen LogP contribution in [-0.4, -0.2) is 46.1 Å². The van der Waals surface area contributed by atoms with Gasteiger partial charge < -0.3 is 9.88 Å². The van der Waals surface area contributed by atoms with E-state index in [9.17, 15) is 26.4 Å². The molecular formula is C22H24F3N5O3S. The number of nitrogens with zero attached hydrogens (tertiary/aromatic N) is 4. The maximum absolute atomic E-state index is 12.9. The Bertz CT molecular complexity index is 1270. The van der Waals surface area contributed by atoms with Gasteiger partial charge in [0.15, 0.2) is 5.69 Å². The van der Waals surface area contributed by atoms with Gasteiger partial charge in [-0.2, -0.15) is 22.6 Å². The molecular weight excluding hydrogens is 471 g/mol. The van der Waals surface area contributed by atoms with E-state index in [1.165, 1.54) is 27.3 Å². The fraction of sp³-hybridized carbons (Fsp3) is 0.364. The molecule has 0 atom stereocenters. The molecule has 1 saturated heterocycles. The number of carbonyl (C=O) groups excluding carboxylic acids is 1. The first kappa shape index (κ1) is 24.0. The van der Waals surface area contributed by atoms with Crippen molar-refractivity contribution in [2.75, 3.05) is 13.1 Å². The maximum atomic E-state index is 12.9. The van der Waals surface area contributed by atoms with E-state index in [1.807, 2.05) is 0 Å². The Labute approximate surface area is 195 Å². The summed E-state index contributed by atoms with van der Waals surface area (Å²) in [5.74, 6) is -0.437. The molecule has 12 heteroatoms. The Balaban J connectivity index is 1.41. The Kier molecular flexibility index (Phi) is 6.54. The van der Waals surface area contributed by atoms with Gasteiger partial charge in [0, 0.05) is 39.1 Å². The van der Waals surface area contributed by atoms with Crippen LogP contribution in [-0.2, 0) is 29.8 Å². The fourth-order valence-corrected chi connectivity index (χ4v) is 5.40. The number of carbonyl (C=O) groups is 1. The monoisotopic (exact) mass is 495 g/mol. The van der Waals surface area contributed by atoms with Gasteiger partial charge in [-0.05, 0) is 42.7 Å². The summed E-state index contributed by atoms with van der Waals surface area (Å²) in [6.45, 7) is 1.11. The van der Waals surface area contributed by atoms with E-state index < -0.39 is 27.8 Å². The molecule has 0 spiro atoms. The lowest BCUT2D eigenvalue weighted by molar-refractivity contribution is -0.141. The second-order valence-electron chi connectivity index (χ2n) is 8.13. The Morgan fingerprint density at radius 2 is 1.76 bits per heavy atom. The third-order valence-corrected chi connectivity index (χ3v) is 7.56. The summed E-state index contributed by atoms with van der Waals surface area (Å²) in [4.78, 5) is 12.8. The Morgan fingerprint density at radius 3 is 2.38 bits per heavy atom. The molecule has 0 saturated carbocycles. The van der Waals surface area contributed by atoms with Crippen LogP contribution < -0.4 is 5.32 Å². The third-order valence-electron chi connectivity index (χ3n) is 5.70. The van der Waals surface area contributed by atoms with Crippen molar-refractivity contribution >= 4 is 15.9 Å². The normalized spacial score (nSPS) is 15.4. The second kappa shape index (κ2) is 9.26. The van der Waals surface area contributed by atoms with E-state index >= 15 is 0 Å². The molecule has 0 aliphatic carbocycles. The quantitative estimate of drug-likeness (QED) is 0.568. The third kappa shape index (κ3) is 5.02. The molecule has 3 heterocycles. The average molecular weight is 496 g/mol. The van der Waals surface area contributed by atoms with Crippen molar-refractivity contribution < 1.29 is 26.4 Å². The number of benzene rings is 1. The summed E-state index contributed by atoms with van der Waals surface area (Å²) in [6, 6.07) is 8.80. The molecule has 34 heavy (non-hydrogen) atoms. The number of aryl methyl sites for hydroxylation is 1. The van der Waals surface area contributed by atoms with Crippen LogP contribution in [0.15, 0.2) is 53.7 Å². The number of aromatic nitrogens is 3. The van der Waals surface area contributed by atoms with Crippen LogP contribution in [0.5, 0.6) is 0 Å². The molecule has 1 aliphatic rings. The van der Waals surface area contributed by atoms with Crippen molar-refractivity contribution in [3.8, 4) is 5.69 Å². The van der Waals surface area contributed by atoms with Gasteiger partial charge >= 0.3 is 6.18 Å². The highest BCUT2D eigenvalue weighted by atomic mass is 32.2. The summed E-state index contributed by atoms with van der Waals surface area (Å²) < 4.78 is 68.0. The van der Waals surface area contributed by atoms with E-state index in [0.29, 0.717) is 18.8 Å². The van der Waals surface area contributed by atoms with Gasteiger partial charge in [-0.15, -0.1) is 0 Å². The number of sulfonamides is 1. The van der Waals surface area contributed by atoms with Crippen molar-refractivity contribution in [1.29, 1.82) is 0 Å². The van der Waals surface area contributed by atoms with E-state index in [-0.39, 0.29) is 17.1 Å². The molecule has 0 unspecified atom stereocenters. The molecule has 182 valence electrons. The number of hydrogen-bond acceptors (Lipinski definition) is 4. The highest BCUT2D eigenvalue weighted by molar-refractivity contribution is 7.89. The van der Waals surface area contributed by atoms with E-state index in [4.69, 9.17) is 0 Å². The summed E-state index contributed by atoms with van der Waals surface area (Å²) in [7, 11) is -2.04. The average Bonchev–Trinajstić information content (AvgIpc) is 3.46. The van der Waals surface area contributed by atoms with Crippen LogP contribution in [0.25, 0.3) is 5.69 Å². The van der Waals surface area contributed by atoms with E-state index in [0.717, 1.165) is 35.6 Å². The number of halogens is 3. The van der Waals surface area contributed by atoms with Crippen LogP contribution >= 0.6 is 0 Å². The van der Waals surface area contributed by atoms with Crippen LogP contribution in [0.1, 0.15) is 41.0 Å². The van der Waals surface area contributed by atoms with Gasteiger partial charge in [0.25, 0.3) is 5.91 Å². The predicted molar refractivity (Wildman–Crippen MR) is 118 cm³/mol. The largest absolute Gasteiger partial charge is 0.435 e. The fourth-order valence-electron chi connectivity index (χ4n) is 3.81. The molecule has 1 aromatic carbocycles. The number of alkyl halides is 3. The molecule has 1 aliphatic heterocycles. The standard InChI is InChI=1S/C22H24F3N5O3S/c1-28-15-18(34(32,33)29-10-3-2-4-11-29)13-19(28)21(31)26-14-16-5-7-17(8-6-16)30-12-9-20(27-30)22(23,24)25/h5-9,12-13,15H,2-4,10-11,14H2,1H3,(H,26,31). The van der Waals surface area contributed by atoms with Crippen molar-refractivity contribution in [3.05, 3.63) is 65.7 Å². The summed E-state index contributed by atoms with van der Waals surface area (Å²) >= 11 is 0. The summed E-state index contributed by atoms with van der Waals surface area (Å²) in [5.41, 5.74) is 0.396. The minimum absolute atomic E-state index is 0.0869. The van der Waals surface area contributed by atoms with Crippen LogP contribution in [0, 0.1) is 0 Å². The van der Waals surface area contributed by atoms with Crippen LogP contribution in [0.3, 0.4) is 0 Å². The van der Waals surface area contributed by atoms with Crippen LogP contribution in [0.4, 0.5) is 13.2 Å². The minimum Gasteiger partial charge on any atom is -0.347 e. The van der Waals surface area contributed by atoms with Crippen molar-refractivity contribution in [2.45, 2.75) is 36.9 Å². The highest BCUT2D eigenvalue weighted by Crippen LogP contribution is 2.28. The van der Waals surface area contributed by atoms with E-state index in [1.54, 1.807) is 31.3 Å². The lowest BCUT2D eigenvalue weighted by Crippen LogP contribution is -2.35. The van der Waals surface area contributed by atoms with Gasteiger partial charge in [0.1, 0.15) is 10.6 Å².